The second-order valence-electron chi connectivity index (χ2n) is 4.71. The molecular weight excluding hydrogens is 186 g/mol. The zero-order valence-electron chi connectivity index (χ0n) is 11.0. The van der Waals surface area contributed by atoms with Crippen LogP contribution < -0.4 is 5.32 Å². The van der Waals surface area contributed by atoms with E-state index in [9.17, 15) is 0 Å². The third kappa shape index (κ3) is 10.2. The molecule has 0 aliphatic carbocycles. The average Bonchev–Trinajstić information content (AvgIpc) is 2.21. The fourth-order valence-electron chi connectivity index (χ4n) is 1.68. The van der Waals surface area contributed by atoms with E-state index < -0.39 is 0 Å². The van der Waals surface area contributed by atoms with Crippen molar-refractivity contribution in [2.24, 2.45) is 5.92 Å². The Morgan fingerprint density at radius 3 is 2.33 bits per heavy atom. The van der Waals surface area contributed by atoms with Gasteiger partial charge in [-0.1, -0.05) is 33.6 Å². The van der Waals surface area contributed by atoms with Crippen LogP contribution in [-0.4, -0.2) is 26.3 Å². The normalized spacial score (nSPS) is 13.4. The maximum Gasteiger partial charge on any atom is 0.0480 e. The summed E-state index contributed by atoms with van der Waals surface area (Å²) in [5, 5.41) is 3.37. The predicted octanol–water partition coefficient (Wildman–Crippen LogP) is 3.22. The molecule has 0 aromatic carbocycles. The van der Waals surface area contributed by atoms with E-state index in [-0.39, 0.29) is 0 Å². The van der Waals surface area contributed by atoms with Gasteiger partial charge in [0.1, 0.15) is 0 Å². The molecule has 0 rings (SSSR count). The molecule has 0 spiro atoms. The summed E-state index contributed by atoms with van der Waals surface area (Å²) in [6, 6.07) is 0.639. The molecule has 0 saturated carbocycles. The molecule has 1 atom stereocenters. The quantitative estimate of drug-likeness (QED) is 0.565. The first-order valence-corrected chi connectivity index (χ1v) is 6.45. The van der Waals surface area contributed by atoms with E-state index in [2.05, 4.69) is 33.1 Å². The Balaban J connectivity index is 3.38. The Morgan fingerprint density at radius 2 is 1.80 bits per heavy atom. The lowest BCUT2D eigenvalue weighted by Crippen LogP contribution is -2.26. The maximum atomic E-state index is 5.50. The number of hydrogen-bond acceptors (Lipinski definition) is 2. The van der Waals surface area contributed by atoms with Crippen molar-refractivity contribution in [3.05, 3.63) is 0 Å². The van der Waals surface area contributed by atoms with Gasteiger partial charge >= 0.3 is 0 Å². The molecule has 0 aliphatic rings. The average molecular weight is 215 g/mol. The number of nitrogens with one attached hydrogen (secondary N) is 1. The molecule has 1 unspecified atom stereocenters. The summed E-state index contributed by atoms with van der Waals surface area (Å²) in [5.41, 5.74) is 0. The molecule has 0 aromatic heterocycles. The first kappa shape index (κ1) is 14.9. The highest BCUT2D eigenvalue weighted by Crippen LogP contribution is 2.10. The zero-order chi connectivity index (χ0) is 11.5. The third-order valence-electron chi connectivity index (χ3n) is 2.70. The van der Waals surface area contributed by atoms with Gasteiger partial charge in [-0.15, -0.1) is 0 Å². The van der Waals surface area contributed by atoms with Crippen molar-refractivity contribution in [1.29, 1.82) is 0 Å². The van der Waals surface area contributed by atoms with E-state index in [1.807, 2.05) is 0 Å². The zero-order valence-corrected chi connectivity index (χ0v) is 11.0. The van der Waals surface area contributed by atoms with Crippen LogP contribution in [0.5, 0.6) is 0 Å². The standard InChI is InChI=1S/C13H29NO/c1-5-10-15-11-9-13(14-4)8-6-7-12(2)3/h12-14H,5-11H2,1-4H3. The van der Waals surface area contributed by atoms with Crippen molar-refractivity contribution in [3.8, 4) is 0 Å². The monoisotopic (exact) mass is 215 g/mol. The van der Waals surface area contributed by atoms with Crippen LogP contribution in [0.3, 0.4) is 0 Å². The summed E-state index contributed by atoms with van der Waals surface area (Å²) in [4.78, 5) is 0. The number of rotatable bonds is 10. The highest BCUT2D eigenvalue weighted by Gasteiger charge is 2.05. The van der Waals surface area contributed by atoms with Crippen molar-refractivity contribution >= 4 is 0 Å². The molecule has 1 N–H and O–H groups in total. The molecule has 0 aliphatic heterocycles. The Bertz CT molecular complexity index is 126. The fraction of sp³-hybridized carbons (Fsp3) is 1.00. The molecule has 0 bridgehead atoms. The lowest BCUT2D eigenvalue weighted by atomic mass is 10.0. The lowest BCUT2D eigenvalue weighted by molar-refractivity contribution is 0.124. The van der Waals surface area contributed by atoms with Crippen LogP contribution in [0.25, 0.3) is 0 Å². The van der Waals surface area contributed by atoms with E-state index in [4.69, 9.17) is 4.74 Å². The Labute approximate surface area is 95.8 Å². The summed E-state index contributed by atoms with van der Waals surface area (Å²) in [6.07, 6.45) is 6.22. The van der Waals surface area contributed by atoms with Gasteiger partial charge < -0.3 is 10.1 Å². The van der Waals surface area contributed by atoms with Crippen molar-refractivity contribution < 1.29 is 4.74 Å². The van der Waals surface area contributed by atoms with Gasteiger partial charge in [-0.2, -0.15) is 0 Å². The van der Waals surface area contributed by atoms with Crippen molar-refractivity contribution in [3.63, 3.8) is 0 Å². The Morgan fingerprint density at radius 1 is 1.07 bits per heavy atom. The van der Waals surface area contributed by atoms with E-state index in [0.717, 1.165) is 32.0 Å². The van der Waals surface area contributed by atoms with Crippen molar-refractivity contribution in [2.75, 3.05) is 20.3 Å². The van der Waals surface area contributed by atoms with E-state index in [1.54, 1.807) is 0 Å². The van der Waals surface area contributed by atoms with Crippen LogP contribution in [0.2, 0.25) is 0 Å². The molecule has 15 heavy (non-hydrogen) atoms. The molecule has 0 saturated heterocycles. The molecule has 0 fully saturated rings. The molecule has 0 heterocycles. The first-order chi connectivity index (χ1) is 7.20. The molecule has 0 radical (unpaired) electrons. The molecule has 2 nitrogen and oxygen atoms in total. The number of hydrogen-bond donors (Lipinski definition) is 1. The van der Waals surface area contributed by atoms with Gasteiger partial charge in [0.05, 0.1) is 0 Å². The van der Waals surface area contributed by atoms with Crippen LogP contribution in [0.15, 0.2) is 0 Å². The van der Waals surface area contributed by atoms with Crippen LogP contribution in [0, 0.1) is 5.92 Å². The van der Waals surface area contributed by atoms with Crippen molar-refractivity contribution in [1.82, 2.24) is 5.32 Å². The summed E-state index contributed by atoms with van der Waals surface area (Å²) in [6.45, 7) is 8.54. The lowest BCUT2D eigenvalue weighted by Gasteiger charge is -2.16. The van der Waals surface area contributed by atoms with Crippen LogP contribution in [-0.2, 0) is 4.74 Å². The molecule has 2 heteroatoms. The van der Waals surface area contributed by atoms with Crippen LogP contribution >= 0.6 is 0 Å². The van der Waals surface area contributed by atoms with Gasteiger partial charge in [0.2, 0.25) is 0 Å². The van der Waals surface area contributed by atoms with E-state index in [1.165, 1.54) is 19.3 Å². The highest BCUT2D eigenvalue weighted by molar-refractivity contribution is 4.64. The topological polar surface area (TPSA) is 21.3 Å². The second-order valence-corrected chi connectivity index (χ2v) is 4.71. The van der Waals surface area contributed by atoms with Crippen molar-refractivity contribution in [2.45, 2.75) is 58.9 Å². The van der Waals surface area contributed by atoms with Gasteiger partial charge in [-0.05, 0) is 32.2 Å². The maximum absolute atomic E-state index is 5.50. The van der Waals surface area contributed by atoms with Crippen LogP contribution in [0.4, 0.5) is 0 Å². The van der Waals surface area contributed by atoms with Crippen LogP contribution in [0.1, 0.15) is 52.9 Å². The summed E-state index contributed by atoms with van der Waals surface area (Å²) in [7, 11) is 2.06. The fourth-order valence-corrected chi connectivity index (χ4v) is 1.68. The molecular formula is C13H29NO. The summed E-state index contributed by atoms with van der Waals surface area (Å²) < 4.78 is 5.50. The Kier molecular flexibility index (Phi) is 10.4. The van der Waals surface area contributed by atoms with Gasteiger partial charge in [-0.3, -0.25) is 0 Å². The minimum absolute atomic E-state index is 0.639. The summed E-state index contributed by atoms with van der Waals surface area (Å²) in [5.74, 6) is 0.832. The smallest absolute Gasteiger partial charge is 0.0480 e. The molecule has 92 valence electrons. The first-order valence-electron chi connectivity index (χ1n) is 6.45. The molecule has 0 amide bonds. The Hall–Kier alpha value is -0.0800. The van der Waals surface area contributed by atoms with Gasteiger partial charge in [0.15, 0.2) is 0 Å². The van der Waals surface area contributed by atoms with Gasteiger partial charge in [-0.25, -0.2) is 0 Å². The van der Waals surface area contributed by atoms with Gasteiger partial charge in [0, 0.05) is 19.3 Å². The second kappa shape index (κ2) is 10.4. The SMILES string of the molecule is CCCOCCC(CCCC(C)C)NC. The predicted molar refractivity (Wildman–Crippen MR) is 67.3 cm³/mol. The third-order valence-corrected chi connectivity index (χ3v) is 2.70. The minimum atomic E-state index is 0.639. The largest absolute Gasteiger partial charge is 0.381 e. The summed E-state index contributed by atoms with van der Waals surface area (Å²) >= 11 is 0. The minimum Gasteiger partial charge on any atom is -0.381 e. The van der Waals surface area contributed by atoms with E-state index in [0.29, 0.717) is 6.04 Å². The van der Waals surface area contributed by atoms with E-state index >= 15 is 0 Å². The van der Waals surface area contributed by atoms with Gasteiger partial charge in [0.25, 0.3) is 0 Å². The number of ether oxygens (including phenoxy) is 1. The highest BCUT2D eigenvalue weighted by atomic mass is 16.5. The molecule has 0 aromatic rings.